The zero-order valence-corrected chi connectivity index (χ0v) is 12.3. The molecule has 21 heavy (non-hydrogen) atoms. The van der Waals surface area contributed by atoms with Crippen molar-refractivity contribution in [2.75, 3.05) is 18.9 Å². The molecule has 2 aromatic carbocycles. The SMILES string of the molecule is CN(Cc1ccccc1)C(=O)c1ccc2c(c1)CCCN2. The van der Waals surface area contributed by atoms with Crippen molar-refractivity contribution in [1.29, 1.82) is 0 Å². The Morgan fingerprint density at radius 3 is 2.81 bits per heavy atom. The van der Waals surface area contributed by atoms with Gasteiger partial charge in [-0.1, -0.05) is 30.3 Å². The number of anilines is 1. The molecule has 0 unspecified atom stereocenters. The molecule has 3 heteroatoms. The molecule has 0 saturated heterocycles. The van der Waals surface area contributed by atoms with Crippen LogP contribution in [0.15, 0.2) is 48.5 Å². The van der Waals surface area contributed by atoms with E-state index in [9.17, 15) is 4.79 Å². The molecule has 0 bridgehead atoms. The number of aryl methyl sites for hydroxylation is 1. The van der Waals surface area contributed by atoms with Crippen molar-refractivity contribution in [3.05, 3.63) is 65.2 Å². The van der Waals surface area contributed by atoms with Crippen LogP contribution in [0.5, 0.6) is 0 Å². The van der Waals surface area contributed by atoms with Gasteiger partial charge >= 0.3 is 0 Å². The first-order chi connectivity index (χ1) is 10.2. The fourth-order valence-corrected chi connectivity index (χ4v) is 2.76. The Kier molecular flexibility index (Phi) is 3.91. The monoisotopic (exact) mass is 280 g/mol. The summed E-state index contributed by atoms with van der Waals surface area (Å²) >= 11 is 0. The first-order valence-corrected chi connectivity index (χ1v) is 7.40. The molecule has 0 aromatic heterocycles. The Hall–Kier alpha value is -2.29. The van der Waals surface area contributed by atoms with Crippen molar-refractivity contribution in [3.63, 3.8) is 0 Å². The summed E-state index contributed by atoms with van der Waals surface area (Å²) < 4.78 is 0. The summed E-state index contributed by atoms with van der Waals surface area (Å²) in [4.78, 5) is 14.3. The van der Waals surface area contributed by atoms with Gasteiger partial charge in [0.1, 0.15) is 0 Å². The number of carbonyl (C=O) groups excluding carboxylic acids is 1. The molecule has 1 aliphatic rings. The molecule has 0 fully saturated rings. The maximum atomic E-state index is 12.5. The number of nitrogens with zero attached hydrogens (tertiary/aromatic N) is 1. The molecule has 1 amide bonds. The van der Waals surface area contributed by atoms with Gasteiger partial charge in [0.25, 0.3) is 5.91 Å². The van der Waals surface area contributed by atoms with Crippen molar-refractivity contribution in [2.24, 2.45) is 0 Å². The maximum Gasteiger partial charge on any atom is 0.253 e. The van der Waals surface area contributed by atoms with Crippen LogP contribution in [0.3, 0.4) is 0 Å². The molecule has 2 aromatic rings. The van der Waals surface area contributed by atoms with Crippen LogP contribution >= 0.6 is 0 Å². The first kappa shape index (κ1) is 13.7. The van der Waals surface area contributed by atoms with Gasteiger partial charge in [-0.05, 0) is 42.2 Å². The van der Waals surface area contributed by atoms with Gasteiger partial charge in [0.05, 0.1) is 0 Å². The Labute approximate surface area is 125 Å². The third-order valence-corrected chi connectivity index (χ3v) is 3.90. The van der Waals surface area contributed by atoms with Crippen molar-refractivity contribution in [1.82, 2.24) is 4.90 Å². The van der Waals surface area contributed by atoms with Gasteiger partial charge in [0.15, 0.2) is 0 Å². The Bertz CT molecular complexity index is 637. The van der Waals surface area contributed by atoms with E-state index in [1.54, 1.807) is 4.90 Å². The predicted octanol–water partition coefficient (Wildman–Crippen LogP) is 3.32. The lowest BCUT2D eigenvalue weighted by Crippen LogP contribution is -2.26. The minimum absolute atomic E-state index is 0.0761. The van der Waals surface area contributed by atoms with Gasteiger partial charge in [-0.25, -0.2) is 0 Å². The average Bonchev–Trinajstić information content (AvgIpc) is 2.54. The summed E-state index contributed by atoms with van der Waals surface area (Å²) in [5, 5.41) is 3.37. The number of nitrogens with one attached hydrogen (secondary N) is 1. The maximum absolute atomic E-state index is 12.5. The summed E-state index contributed by atoms with van der Waals surface area (Å²) in [6.07, 6.45) is 2.18. The van der Waals surface area contributed by atoms with E-state index in [4.69, 9.17) is 0 Å². The van der Waals surface area contributed by atoms with Crippen molar-refractivity contribution >= 4 is 11.6 Å². The van der Waals surface area contributed by atoms with Crippen LogP contribution in [0.4, 0.5) is 5.69 Å². The highest BCUT2D eigenvalue weighted by molar-refractivity contribution is 5.94. The molecule has 0 spiro atoms. The van der Waals surface area contributed by atoms with E-state index in [0.717, 1.165) is 30.5 Å². The Morgan fingerprint density at radius 1 is 1.19 bits per heavy atom. The highest BCUT2D eigenvalue weighted by atomic mass is 16.2. The lowest BCUT2D eigenvalue weighted by Gasteiger charge is -2.21. The van der Waals surface area contributed by atoms with E-state index in [1.165, 1.54) is 11.3 Å². The molecular formula is C18H20N2O. The van der Waals surface area contributed by atoms with Gasteiger partial charge < -0.3 is 10.2 Å². The number of amides is 1. The number of hydrogen-bond donors (Lipinski definition) is 1. The van der Waals surface area contributed by atoms with Crippen LogP contribution in [0.2, 0.25) is 0 Å². The smallest absolute Gasteiger partial charge is 0.253 e. The number of carbonyl (C=O) groups is 1. The molecule has 3 rings (SSSR count). The number of fused-ring (bicyclic) bond motifs is 1. The molecule has 108 valence electrons. The quantitative estimate of drug-likeness (QED) is 0.935. The Balaban J connectivity index is 1.75. The standard InChI is InChI=1S/C18H20N2O/c1-20(13-14-6-3-2-4-7-14)18(21)16-9-10-17-15(12-16)8-5-11-19-17/h2-4,6-7,9-10,12,19H,5,8,11,13H2,1H3. The molecule has 1 aliphatic heterocycles. The van der Waals surface area contributed by atoms with Crippen LogP contribution in [-0.2, 0) is 13.0 Å². The zero-order chi connectivity index (χ0) is 14.7. The summed E-state index contributed by atoms with van der Waals surface area (Å²) in [6, 6.07) is 16.0. The third-order valence-electron chi connectivity index (χ3n) is 3.90. The van der Waals surface area contributed by atoms with Gasteiger partial charge in [-0.2, -0.15) is 0 Å². The predicted molar refractivity (Wildman–Crippen MR) is 85.5 cm³/mol. The van der Waals surface area contributed by atoms with Gasteiger partial charge in [0, 0.05) is 31.4 Å². The zero-order valence-electron chi connectivity index (χ0n) is 12.3. The topological polar surface area (TPSA) is 32.3 Å². The molecule has 1 N–H and O–H groups in total. The Morgan fingerprint density at radius 2 is 2.00 bits per heavy atom. The second-order valence-corrected chi connectivity index (χ2v) is 5.55. The van der Waals surface area contributed by atoms with Gasteiger partial charge in [0.2, 0.25) is 0 Å². The summed E-state index contributed by atoms with van der Waals surface area (Å²) in [7, 11) is 1.85. The summed E-state index contributed by atoms with van der Waals surface area (Å²) in [6.45, 7) is 1.66. The molecule has 0 saturated carbocycles. The largest absolute Gasteiger partial charge is 0.385 e. The van der Waals surface area contributed by atoms with E-state index in [-0.39, 0.29) is 5.91 Å². The third kappa shape index (κ3) is 3.07. The molecule has 0 atom stereocenters. The highest BCUT2D eigenvalue weighted by Gasteiger charge is 2.15. The van der Waals surface area contributed by atoms with Gasteiger partial charge in [-0.15, -0.1) is 0 Å². The van der Waals surface area contributed by atoms with E-state index in [0.29, 0.717) is 6.54 Å². The van der Waals surface area contributed by atoms with Crippen molar-refractivity contribution in [2.45, 2.75) is 19.4 Å². The molecule has 3 nitrogen and oxygen atoms in total. The normalized spacial score (nSPS) is 13.2. The van der Waals surface area contributed by atoms with E-state index in [1.807, 2.05) is 55.6 Å². The minimum atomic E-state index is 0.0761. The highest BCUT2D eigenvalue weighted by Crippen LogP contribution is 2.23. The second kappa shape index (κ2) is 6.00. The molecule has 0 aliphatic carbocycles. The van der Waals surface area contributed by atoms with E-state index >= 15 is 0 Å². The molecule has 0 radical (unpaired) electrons. The van der Waals surface area contributed by atoms with E-state index < -0.39 is 0 Å². The van der Waals surface area contributed by atoms with Crippen LogP contribution in [0, 0.1) is 0 Å². The first-order valence-electron chi connectivity index (χ1n) is 7.40. The number of rotatable bonds is 3. The average molecular weight is 280 g/mol. The van der Waals surface area contributed by atoms with Crippen LogP contribution in [0.25, 0.3) is 0 Å². The van der Waals surface area contributed by atoms with Crippen LogP contribution in [0.1, 0.15) is 27.9 Å². The lowest BCUT2D eigenvalue weighted by atomic mass is 10.0. The number of benzene rings is 2. The van der Waals surface area contributed by atoms with Crippen LogP contribution < -0.4 is 5.32 Å². The summed E-state index contributed by atoms with van der Waals surface area (Å²) in [5.74, 6) is 0.0761. The van der Waals surface area contributed by atoms with Crippen molar-refractivity contribution < 1.29 is 4.79 Å². The summed E-state index contributed by atoms with van der Waals surface area (Å²) in [5.41, 5.74) is 4.34. The fourth-order valence-electron chi connectivity index (χ4n) is 2.76. The molecule has 1 heterocycles. The van der Waals surface area contributed by atoms with Gasteiger partial charge in [-0.3, -0.25) is 4.79 Å². The fraction of sp³-hybridized carbons (Fsp3) is 0.278. The van der Waals surface area contributed by atoms with Crippen molar-refractivity contribution in [3.8, 4) is 0 Å². The lowest BCUT2D eigenvalue weighted by molar-refractivity contribution is 0.0785. The van der Waals surface area contributed by atoms with E-state index in [2.05, 4.69) is 5.32 Å². The minimum Gasteiger partial charge on any atom is -0.385 e. The number of hydrogen-bond acceptors (Lipinski definition) is 2. The second-order valence-electron chi connectivity index (χ2n) is 5.55. The van der Waals surface area contributed by atoms with Crippen LogP contribution in [-0.4, -0.2) is 24.4 Å². The molecular weight excluding hydrogens is 260 g/mol.